The van der Waals surface area contributed by atoms with Crippen molar-refractivity contribution < 1.29 is 18.7 Å². The predicted octanol–water partition coefficient (Wildman–Crippen LogP) is 3.41. The summed E-state index contributed by atoms with van der Waals surface area (Å²) in [4.78, 5) is 24.3. The van der Waals surface area contributed by atoms with Gasteiger partial charge in [-0.15, -0.1) is 0 Å². The van der Waals surface area contributed by atoms with E-state index in [4.69, 9.17) is 4.74 Å². The van der Waals surface area contributed by atoms with Gasteiger partial charge in [-0.05, 0) is 54.8 Å². The lowest BCUT2D eigenvalue weighted by Gasteiger charge is -2.27. The third-order valence-electron chi connectivity index (χ3n) is 4.78. The van der Waals surface area contributed by atoms with Crippen LogP contribution in [0.1, 0.15) is 41.4 Å². The van der Waals surface area contributed by atoms with Crippen LogP contribution in [0.2, 0.25) is 0 Å². The van der Waals surface area contributed by atoms with Crippen molar-refractivity contribution in [2.24, 2.45) is 0 Å². The molecule has 28 heavy (non-hydrogen) atoms. The van der Waals surface area contributed by atoms with Gasteiger partial charge in [-0.1, -0.05) is 18.2 Å². The molecule has 0 fully saturated rings. The van der Waals surface area contributed by atoms with E-state index in [0.717, 1.165) is 22.6 Å². The number of benzene rings is 2. The molecule has 1 atom stereocenters. The molecule has 0 spiro atoms. The van der Waals surface area contributed by atoms with Crippen LogP contribution in [-0.2, 0) is 6.54 Å². The molecule has 3 N–H and O–H groups in total. The molecule has 6 nitrogen and oxygen atoms in total. The Bertz CT molecular complexity index is 938. The van der Waals surface area contributed by atoms with E-state index in [2.05, 4.69) is 16.0 Å². The van der Waals surface area contributed by atoms with Crippen LogP contribution in [0, 0.1) is 5.82 Å². The van der Waals surface area contributed by atoms with Crippen molar-refractivity contribution in [3.05, 3.63) is 76.2 Å². The van der Waals surface area contributed by atoms with Crippen molar-refractivity contribution in [3.8, 4) is 5.75 Å². The number of rotatable bonds is 5. The molecule has 2 aromatic rings. The summed E-state index contributed by atoms with van der Waals surface area (Å²) < 4.78 is 19.4. The summed E-state index contributed by atoms with van der Waals surface area (Å²) >= 11 is 0. The Morgan fingerprint density at radius 3 is 2.57 bits per heavy atom. The number of carbonyl (C=O) groups is 2. The molecule has 1 heterocycles. The van der Waals surface area contributed by atoms with Crippen LogP contribution >= 0.6 is 0 Å². The Labute approximate surface area is 162 Å². The molecular weight excluding hydrogens is 361 g/mol. The molecule has 1 aliphatic rings. The first-order valence-corrected chi connectivity index (χ1v) is 8.84. The molecule has 0 saturated heterocycles. The van der Waals surface area contributed by atoms with Crippen molar-refractivity contribution in [1.82, 2.24) is 16.0 Å². The van der Waals surface area contributed by atoms with Gasteiger partial charge in [0.15, 0.2) is 0 Å². The van der Waals surface area contributed by atoms with Crippen molar-refractivity contribution in [2.45, 2.75) is 26.4 Å². The number of carbonyl (C=O) groups excluding carboxylic acids is 2. The topological polar surface area (TPSA) is 79.5 Å². The maximum Gasteiger partial charge on any atom is 0.319 e. The number of halogens is 1. The minimum atomic E-state index is -0.616. The maximum absolute atomic E-state index is 14.3. The highest BCUT2D eigenvalue weighted by molar-refractivity contribution is 5.94. The molecule has 0 aromatic heterocycles. The van der Waals surface area contributed by atoms with E-state index in [0.29, 0.717) is 5.56 Å². The Morgan fingerprint density at radius 2 is 1.89 bits per heavy atom. The van der Waals surface area contributed by atoms with Gasteiger partial charge in [0, 0.05) is 12.2 Å². The second-order valence-corrected chi connectivity index (χ2v) is 6.61. The lowest BCUT2D eigenvalue weighted by Crippen LogP contribution is -2.43. The molecule has 3 amide bonds. The van der Waals surface area contributed by atoms with E-state index >= 15 is 0 Å². The number of methoxy groups -OCH3 is 1. The quantitative estimate of drug-likeness (QED) is 0.740. The molecule has 0 radical (unpaired) electrons. The summed E-state index contributed by atoms with van der Waals surface area (Å²) in [5.41, 5.74) is 3.08. The van der Waals surface area contributed by atoms with E-state index in [-0.39, 0.29) is 18.1 Å². The third kappa shape index (κ3) is 4.14. The fraction of sp³-hybridized carbons (Fsp3) is 0.238. The zero-order chi connectivity index (χ0) is 20.3. The van der Waals surface area contributed by atoms with Crippen molar-refractivity contribution in [2.75, 3.05) is 7.11 Å². The Morgan fingerprint density at radius 1 is 1.18 bits per heavy atom. The van der Waals surface area contributed by atoms with Crippen LogP contribution < -0.4 is 20.7 Å². The highest BCUT2D eigenvalue weighted by Crippen LogP contribution is 2.27. The third-order valence-corrected chi connectivity index (χ3v) is 4.78. The minimum absolute atomic E-state index is 0.0655. The number of nitrogens with one attached hydrogen (secondary N) is 3. The minimum Gasteiger partial charge on any atom is -0.497 e. The van der Waals surface area contributed by atoms with Crippen LogP contribution in [0.4, 0.5) is 9.18 Å². The average Bonchev–Trinajstić information content (AvgIpc) is 2.69. The Kier molecular flexibility index (Phi) is 5.63. The highest BCUT2D eigenvalue weighted by Gasteiger charge is 2.25. The summed E-state index contributed by atoms with van der Waals surface area (Å²) in [5, 5.41) is 8.21. The number of amides is 3. The SMILES string of the molecule is COc1ccc(CNC(=O)c2cc(C3NC(=O)NC(C)=C3C)ccc2F)cc1. The van der Waals surface area contributed by atoms with E-state index < -0.39 is 17.8 Å². The predicted molar refractivity (Wildman–Crippen MR) is 103 cm³/mol. The van der Waals surface area contributed by atoms with Crippen LogP contribution in [0.3, 0.4) is 0 Å². The van der Waals surface area contributed by atoms with E-state index in [1.165, 1.54) is 12.1 Å². The van der Waals surface area contributed by atoms with Gasteiger partial charge in [0.1, 0.15) is 11.6 Å². The lowest BCUT2D eigenvalue weighted by atomic mass is 9.95. The largest absolute Gasteiger partial charge is 0.497 e. The average molecular weight is 383 g/mol. The number of urea groups is 1. The van der Waals surface area contributed by atoms with Gasteiger partial charge in [0.25, 0.3) is 5.91 Å². The fourth-order valence-electron chi connectivity index (χ4n) is 3.01. The first-order chi connectivity index (χ1) is 13.4. The van der Waals surface area contributed by atoms with Gasteiger partial charge in [-0.2, -0.15) is 0 Å². The summed E-state index contributed by atoms with van der Waals surface area (Å²) in [5.74, 6) is -0.417. The van der Waals surface area contributed by atoms with E-state index in [1.807, 2.05) is 19.1 Å². The molecule has 2 aromatic carbocycles. The molecule has 3 rings (SSSR count). The number of hydrogen-bond acceptors (Lipinski definition) is 3. The van der Waals surface area contributed by atoms with Crippen LogP contribution in [-0.4, -0.2) is 19.0 Å². The monoisotopic (exact) mass is 383 g/mol. The lowest BCUT2D eigenvalue weighted by molar-refractivity contribution is 0.0946. The molecular formula is C21H22FN3O3. The summed E-state index contributed by atoms with van der Waals surface area (Å²) in [6.07, 6.45) is 0. The van der Waals surface area contributed by atoms with Crippen molar-refractivity contribution >= 4 is 11.9 Å². The normalized spacial score (nSPS) is 16.3. The van der Waals surface area contributed by atoms with Gasteiger partial charge in [0.05, 0.1) is 18.7 Å². The molecule has 0 bridgehead atoms. The van der Waals surface area contributed by atoms with Crippen LogP contribution in [0.15, 0.2) is 53.7 Å². The molecule has 7 heteroatoms. The van der Waals surface area contributed by atoms with Gasteiger partial charge < -0.3 is 20.7 Å². The summed E-state index contributed by atoms with van der Waals surface area (Å²) in [6.45, 7) is 3.93. The number of allylic oxidation sites excluding steroid dienone is 1. The Hall–Kier alpha value is -3.35. The standard InChI is InChI=1S/C21H22FN3O3/c1-12-13(2)24-21(27)25-19(12)15-6-9-18(22)17(10-15)20(26)23-11-14-4-7-16(28-3)8-5-14/h4-10,19H,11H2,1-3H3,(H,23,26)(H2,24,25,27). The maximum atomic E-state index is 14.3. The van der Waals surface area contributed by atoms with Crippen molar-refractivity contribution in [3.63, 3.8) is 0 Å². The van der Waals surface area contributed by atoms with Gasteiger partial charge in [-0.25, -0.2) is 9.18 Å². The van der Waals surface area contributed by atoms with Crippen LogP contribution in [0.5, 0.6) is 5.75 Å². The fourth-order valence-corrected chi connectivity index (χ4v) is 3.01. The highest BCUT2D eigenvalue weighted by atomic mass is 19.1. The van der Waals surface area contributed by atoms with Gasteiger partial charge in [-0.3, -0.25) is 4.79 Å². The first-order valence-electron chi connectivity index (χ1n) is 8.84. The molecule has 0 saturated carbocycles. The van der Waals surface area contributed by atoms with E-state index in [9.17, 15) is 14.0 Å². The molecule has 0 aliphatic carbocycles. The smallest absolute Gasteiger partial charge is 0.319 e. The number of ether oxygens (including phenoxy) is 1. The second-order valence-electron chi connectivity index (χ2n) is 6.61. The molecule has 146 valence electrons. The van der Waals surface area contributed by atoms with Crippen LogP contribution in [0.25, 0.3) is 0 Å². The van der Waals surface area contributed by atoms with Gasteiger partial charge >= 0.3 is 6.03 Å². The zero-order valence-corrected chi connectivity index (χ0v) is 15.9. The summed E-state index contributed by atoms with van der Waals surface area (Å²) in [6, 6.07) is 10.8. The van der Waals surface area contributed by atoms with E-state index in [1.54, 1.807) is 32.2 Å². The second kappa shape index (κ2) is 8.12. The Balaban J connectivity index is 1.78. The first kappa shape index (κ1) is 19.4. The number of hydrogen-bond donors (Lipinski definition) is 3. The molecule has 1 unspecified atom stereocenters. The molecule has 1 aliphatic heterocycles. The summed E-state index contributed by atoms with van der Waals surface area (Å²) in [7, 11) is 1.58. The van der Waals surface area contributed by atoms with Crippen molar-refractivity contribution in [1.29, 1.82) is 0 Å². The van der Waals surface area contributed by atoms with Gasteiger partial charge in [0.2, 0.25) is 0 Å². The zero-order valence-electron chi connectivity index (χ0n) is 15.9.